The van der Waals surface area contributed by atoms with Crippen LogP contribution in [0, 0.1) is 6.92 Å². The van der Waals surface area contributed by atoms with Gasteiger partial charge in [-0.2, -0.15) is 0 Å². The fourth-order valence-electron chi connectivity index (χ4n) is 1.40. The summed E-state index contributed by atoms with van der Waals surface area (Å²) in [7, 11) is 0. The predicted molar refractivity (Wildman–Crippen MR) is 69.6 cm³/mol. The number of nitrogens with two attached hydrogens (primary N) is 1. The maximum Gasteiger partial charge on any atom is 0.269 e. The molecule has 2 aromatic rings. The van der Waals surface area contributed by atoms with Gasteiger partial charge in [-0.1, -0.05) is 0 Å². The number of thiazole rings is 1. The van der Waals surface area contributed by atoms with Crippen molar-refractivity contribution in [2.24, 2.45) is 5.73 Å². The van der Waals surface area contributed by atoms with Gasteiger partial charge in [0, 0.05) is 18.3 Å². The number of anilines is 1. The molecule has 7 heteroatoms. The molecule has 2 aromatic heterocycles. The Morgan fingerprint density at radius 1 is 1.44 bits per heavy atom. The first-order chi connectivity index (χ1) is 8.65. The van der Waals surface area contributed by atoms with Crippen LogP contribution in [0.3, 0.4) is 0 Å². The van der Waals surface area contributed by atoms with Gasteiger partial charge in [0.25, 0.3) is 5.91 Å². The van der Waals surface area contributed by atoms with Gasteiger partial charge in [-0.25, -0.2) is 4.98 Å². The summed E-state index contributed by atoms with van der Waals surface area (Å²) in [5.74, 6) is 0.0407. The average molecular weight is 263 g/mol. The number of rotatable bonds is 5. The van der Waals surface area contributed by atoms with Crippen molar-refractivity contribution in [3.63, 3.8) is 0 Å². The van der Waals surface area contributed by atoms with Crippen LogP contribution in [0.5, 0.6) is 0 Å². The normalized spacial score (nSPS) is 10.3. The lowest BCUT2D eigenvalue weighted by Gasteiger charge is -2.03. The number of aryl methyl sites for hydroxylation is 1. The summed E-state index contributed by atoms with van der Waals surface area (Å²) in [6.45, 7) is 2.70. The summed E-state index contributed by atoms with van der Waals surface area (Å²) in [6.07, 6.45) is 0.823. The van der Waals surface area contributed by atoms with Gasteiger partial charge in [0.05, 0.1) is 10.7 Å². The highest BCUT2D eigenvalue weighted by molar-refractivity contribution is 7.09. The van der Waals surface area contributed by atoms with E-state index in [-0.39, 0.29) is 5.69 Å². The molecular weight excluding hydrogens is 250 g/mol. The Morgan fingerprint density at radius 3 is 2.83 bits per heavy atom. The van der Waals surface area contributed by atoms with Crippen LogP contribution in [-0.4, -0.2) is 27.6 Å². The fourth-order valence-corrected chi connectivity index (χ4v) is 2.05. The van der Waals surface area contributed by atoms with E-state index < -0.39 is 5.91 Å². The fraction of sp³-hybridized carbons (Fsp3) is 0.273. The molecule has 2 rings (SSSR count). The third kappa shape index (κ3) is 3.24. The standard InChI is InChI=1S/C11H13N5OS/c1-7-14-8(6-18-7)4-5-13-10-3-2-9(11(12)17)15-16-10/h2-3,6H,4-5H2,1H3,(H2,12,17)(H,13,16). The maximum absolute atomic E-state index is 10.8. The molecule has 0 fully saturated rings. The topological polar surface area (TPSA) is 93.8 Å². The largest absolute Gasteiger partial charge is 0.368 e. The summed E-state index contributed by atoms with van der Waals surface area (Å²) in [5, 5.41) is 13.8. The number of amides is 1. The van der Waals surface area contributed by atoms with Crippen LogP contribution in [0.1, 0.15) is 21.2 Å². The van der Waals surface area contributed by atoms with Gasteiger partial charge in [0.2, 0.25) is 0 Å². The SMILES string of the molecule is Cc1nc(CCNc2ccc(C(N)=O)nn2)cs1. The lowest BCUT2D eigenvalue weighted by atomic mass is 10.3. The van der Waals surface area contributed by atoms with Crippen LogP contribution >= 0.6 is 11.3 Å². The Kier molecular flexibility index (Phi) is 3.83. The summed E-state index contributed by atoms with van der Waals surface area (Å²) in [5.41, 5.74) is 6.30. The van der Waals surface area contributed by atoms with Crippen molar-refractivity contribution in [1.29, 1.82) is 0 Å². The predicted octanol–water partition coefficient (Wildman–Crippen LogP) is 0.995. The molecule has 0 saturated carbocycles. The Morgan fingerprint density at radius 2 is 2.28 bits per heavy atom. The molecular formula is C11H13N5OS. The zero-order chi connectivity index (χ0) is 13.0. The van der Waals surface area contributed by atoms with E-state index >= 15 is 0 Å². The van der Waals surface area contributed by atoms with Crippen molar-refractivity contribution < 1.29 is 4.79 Å². The molecule has 0 unspecified atom stereocenters. The van der Waals surface area contributed by atoms with Gasteiger partial charge < -0.3 is 11.1 Å². The van der Waals surface area contributed by atoms with E-state index in [9.17, 15) is 4.79 Å². The first-order valence-corrected chi connectivity index (χ1v) is 6.31. The Balaban J connectivity index is 1.85. The van der Waals surface area contributed by atoms with Gasteiger partial charge in [-0.15, -0.1) is 21.5 Å². The summed E-state index contributed by atoms with van der Waals surface area (Å²) >= 11 is 1.64. The number of carbonyl (C=O) groups excluding carboxylic acids is 1. The summed E-state index contributed by atoms with van der Waals surface area (Å²) in [4.78, 5) is 15.2. The highest BCUT2D eigenvalue weighted by Crippen LogP contribution is 2.08. The number of primary amides is 1. The van der Waals surface area contributed by atoms with Crippen molar-refractivity contribution in [2.75, 3.05) is 11.9 Å². The second-order valence-electron chi connectivity index (χ2n) is 3.70. The molecule has 0 aromatic carbocycles. The van der Waals surface area contributed by atoms with E-state index in [1.165, 1.54) is 0 Å². The van der Waals surface area contributed by atoms with Crippen LogP contribution < -0.4 is 11.1 Å². The van der Waals surface area contributed by atoms with Crippen LogP contribution in [-0.2, 0) is 6.42 Å². The van der Waals surface area contributed by atoms with Gasteiger partial charge in [0.1, 0.15) is 5.82 Å². The van der Waals surface area contributed by atoms with Crippen molar-refractivity contribution >= 4 is 23.1 Å². The van der Waals surface area contributed by atoms with Crippen LogP contribution in [0.15, 0.2) is 17.5 Å². The molecule has 3 N–H and O–H groups in total. The highest BCUT2D eigenvalue weighted by Gasteiger charge is 2.03. The van der Waals surface area contributed by atoms with E-state index in [4.69, 9.17) is 5.73 Å². The van der Waals surface area contributed by atoms with Gasteiger partial charge in [-0.3, -0.25) is 4.79 Å². The zero-order valence-corrected chi connectivity index (χ0v) is 10.7. The molecule has 0 aliphatic carbocycles. The summed E-state index contributed by atoms with van der Waals surface area (Å²) < 4.78 is 0. The Labute approximate surface area is 108 Å². The minimum Gasteiger partial charge on any atom is -0.368 e. The molecule has 1 amide bonds. The monoisotopic (exact) mass is 263 g/mol. The van der Waals surface area contributed by atoms with E-state index in [0.29, 0.717) is 12.4 Å². The van der Waals surface area contributed by atoms with Crippen LogP contribution in [0.25, 0.3) is 0 Å². The van der Waals surface area contributed by atoms with E-state index in [2.05, 4.69) is 20.5 Å². The lowest BCUT2D eigenvalue weighted by Crippen LogP contribution is -2.14. The first-order valence-electron chi connectivity index (χ1n) is 5.43. The molecule has 0 bridgehead atoms. The van der Waals surface area contributed by atoms with Crippen LogP contribution in [0.4, 0.5) is 5.82 Å². The van der Waals surface area contributed by atoms with Crippen molar-refractivity contribution in [3.05, 3.63) is 33.9 Å². The third-order valence-electron chi connectivity index (χ3n) is 2.27. The van der Waals surface area contributed by atoms with Crippen LogP contribution in [0.2, 0.25) is 0 Å². The molecule has 0 aliphatic heterocycles. The molecule has 0 saturated heterocycles. The molecule has 0 aliphatic rings. The van der Waals surface area contributed by atoms with Crippen molar-refractivity contribution in [2.45, 2.75) is 13.3 Å². The number of nitrogens with zero attached hydrogens (tertiary/aromatic N) is 3. The molecule has 18 heavy (non-hydrogen) atoms. The number of nitrogens with one attached hydrogen (secondary N) is 1. The molecule has 2 heterocycles. The second kappa shape index (κ2) is 5.54. The molecule has 0 radical (unpaired) electrons. The van der Waals surface area contributed by atoms with Gasteiger partial charge in [0.15, 0.2) is 5.69 Å². The average Bonchev–Trinajstić information content (AvgIpc) is 2.76. The highest BCUT2D eigenvalue weighted by atomic mass is 32.1. The van der Waals surface area contributed by atoms with Gasteiger partial charge in [-0.05, 0) is 19.1 Å². The number of aromatic nitrogens is 3. The van der Waals surface area contributed by atoms with Crippen molar-refractivity contribution in [3.8, 4) is 0 Å². The molecule has 6 nitrogen and oxygen atoms in total. The second-order valence-corrected chi connectivity index (χ2v) is 4.76. The van der Waals surface area contributed by atoms with Crippen molar-refractivity contribution in [1.82, 2.24) is 15.2 Å². The maximum atomic E-state index is 10.8. The van der Waals surface area contributed by atoms with E-state index in [1.807, 2.05) is 12.3 Å². The Hall–Kier alpha value is -2.02. The lowest BCUT2D eigenvalue weighted by molar-refractivity contribution is 0.0994. The summed E-state index contributed by atoms with van der Waals surface area (Å²) in [6, 6.07) is 3.23. The minimum absolute atomic E-state index is 0.163. The van der Waals surface area contributed by atoms with E-state index in [1.54, 1.807) is 23.5 Å². The first kappa shape index (κ1) is 12.4. The third-order valence-corrected chi connectivity index (χ3v) is 3.09. The molecule has 0 atom stereocenters. The quantitative estimate of drug-likeness (QED) is 0.839. The number of hydrogen-bond donors (Lipinski definition) is 2. The molecule has 0 spiro atoms. The smallest absolute Gasteiger partial charge is 0.269 e. The van der Waals surface area contributed by atoms with E-state index in [0.717, 1.165) is 17.1 Å². The number of hydrogen-bond acceptors (Lipinski definition) is 6. The molecule has 94 valence electrons. The van der Waals surface area contributed by atoms with Gasteiger partial charge >= 0.3 is 0 Å². The number of carbonyl (C=O) groups is 1. The minimum atomic E-state index is -0.577. The zero-order valence-electron chi connectivity index (χ0n) is 9.88. The Bertz CT molecular complexity index is 537.